The second kappa shape index (κ2) is 11.6. The summed E-state index contributed by atoms with van der Waals surface area (Å²) in [6.45, 7) is 6.31. The van der Waals surface area contributed by atoms with Crippen LogP contribution in [0.4, 0.5) is 0 Å². The number of hydrazine groups is 2. The summed E-state index contributed by atoms with van der Waals surface area (Å²) in [5, 5.41) is 1.86. The molecule has 0 aromatic carbocycles. The van der Waals surface area contributed by atoms with E-state index in [0.29, 0.717) is 0 Å². The lowest BCUT2D eigenvalue weighted by Gasteiger charge is -2.12. The molecule has 0 rings (SSSR count). The number of nitrogens with zero attached hydrogens (tertiary/aromatic N) is 1. The molecule has 0 unspecified atom stereocenters. The maximum atomic E-state index is 5.53. The van der Waals surface area contributed by atoms with Crippen molar-refractivity contribution in [3.8, 4) is 0 Å². The van der Waals surface area contributed by atoms with E-state index in [1.807, 2.05) is 5.01 Å². The van der Waals surface area contributed by atoms with E-state index in [1.165, 1.54) is 0 Å². The van der Waals surface area contributed by atoms with Crippen molar-refractivity contribution in [1.82, 2.24) is 5.01 Å². The lowest BCUT2D eigenvalue weighted by atomic mass is 10.4. The Kier molecular flexibility index (Phi) is 14.5. The minimum absolute atomic E-state index is 1.02. The minimum atomic E-state index is 1.02. The maximum Gasteiger partial charge on any atom is 0.0125 e. The molecular weight excluding hydrogens is 128 g/mol. The van der Waals surface area contributed by atoms with Crippen molar-refractivity contribution in [3.05, 3.63) is 0 Å². The van der Waals surface area contributed by atoms with Crippen LogP contribution in [-0.2, 0) is 0 Å². The van der Waals surface area contributed by atoms with Gasteiger partial charge >= 0.3 is 0 Å². The molecule has 0 aliphatic rings. The number of rotatable bonds is 4. The van der Waals surface area contributed by atoms with Gasteiger partial charge in [0.2, 0.25) is 0 Å². The predicted octanol–water partition coefficient (Wildman–Crippen LogP) is -0.199. The van der Waals surface area contributed by atoms with Gasteiger partial charge in [0.25, 0.3) is 0 Å². The highest BCUT2D eigenvalue weighted by molar-refractivity contribution is 4.42. The molecule has 0 fully saturated rings. The summed E-state index contributed by atoms with van der Waals surface area (Å²) >= 11 is 0. The Morgan fingerprint density at radius 2 is 1.30 bits per heavy atom. The molecule has 0 aliphatic heterocycles. The third kappa shape index (κ3) is 10.8. The summed E-state index contributed by atoms with van der Waals surface area (Å²) in [5.74, 6) is 13.5. The van der Waals surface area contributed by atoms with E-state index >= 15 is 0 Å². The van der Waals surface area contributed by atoms with Crippen molar-refractivity contribution in [3.63, 3.8) is 0 Å². The summed E-state index contributed by atoms with van der Waals surface area (Å²) in [7, 11) is 0. The molecule has 0 spiro atoms. The summed E-state index contributed by atoms with van der Waals surface area (Å²) < 4.78 is 0. The first-order valence-corrected chi connectivity index (χ1v) is 3.64. The number of hydrogen-bond donors (Lipinski definition) is 3. The van der Waals surface area contributed by atoms with Gasteiger partial charge in [-0.2, -0.15) is 0 Å². The fraction of sp³-hybridized carbons (Fsp3) is 1.00. The molecule has 4 nitrogen and oxygen atoms in total. The van der Waals surface area contributed by atoms with Crippen molar-refractivity contribution in [2.24, 2.45) is 17.5 Å². The quantitative estimate of drug-likeness (QED) is 0.381. The summed E-state index contributed by atoms with van der Waals surface area (Å²) in [6, 6.07) is 0. The smallest absolute Gasteiger partial charge is 0.0125 e. The van der Waals surface area contributed by atoms with E-state index in [-0.39, 0.29) is 0 Å². The SMILES string of the molecule is CCCN(N)CCC.NN. The highest BCUT2D eigenvalue weighted by atomic mass is 15.4. The van der Waals surface area contributed by atoms with Gasteiger partial charge in [-0.25, -0.2) is 5.01 Å². The lowest BCUT2D eigenvalue weighted by molar-refractivity contribution is 0.284. The first-order chi connectivity index (χ1) is 4.81. The fourth-order valence-electron chi connectivity index (χ4n) is 0.686. The third-order valence-electron chi connectivity index (χ3n) is 1.02. The van der Waals surface area contributed by atoms with Gasteiger partial charge in [0, 0.05) is 13.1 Å². The molecule has 0 amide bonds. The Balaban J connectivity index is 0. The highest BCUT2D eigenvalue weighted by Gasteiger charge is 1.90. The molecule has 0 radical (unpaired) electrons. The molecule has 4 heteroatoms. The largest absolute Gasteiger partial charge is 0.274 e. The average Bonchev–Trinajstić information content (AvgIpc) is 1.93. The summed E-state index contributed by atoms with van der Waals surface area (Å²) in [4.78, 5) is 0. The van der Waals surface area contributed by atoms with Gasteiger partial charge in [-0.1, -0.05) is 13.8 Å². The van der Waals surface area contributed by atoms with Crippen molar-refractivity contribution in [2.45, 2.75) is 26.7 Å². The summed E-state index contributed by atoms with van der Waals surface area (Å²) in [5.41, 5.74) is 0. The lowest BCUT2D eigenvalue weighted by Crippen LogP contribution is -2.32. The van der Waals surface area contributed by atoms with Crippen molar-refractivity contribution < 1.29 is 0 Å². The van der Waals surface area contributed by atoms with Crippen LogP contribution in [0, 0.1) is 0 Å². The Morgan fingerprint density at radius 1 is 1.00 bits per heavy atom. The Hall–Kier alpha value is -0.160. The van der Waals surface area contributed by atoms with Gasteiger partial charge in [0.15, 0.2) is 0 Å². The van der Waals surface area contributed by atoms with Gasteiger partial charge < -0.3 is 0 Å². The minimum Gasteiger partial charge on any atom is -0.274 e. The molecule has 6 N–H and O–H groups in total. The first kappa shape index (κ1) is 12.5. The highest BCUT2D eigenvalue weighted by Crippen LogP contribution is 1.83. The zero-order valence-electron chi connectivity index (χ0n) is 7.01. The van der Waals surface area contributed by atoms with Crippen molar-refractivity contribution in [2.75, 3.05) is 13.1 Å². The van der Waals surface area contributed by atoms with E-state index in [2.05, 4.69) is 25.5 Å². The van der Waals surface area contributed by atoms with E-state index in [4.69, 9.17) is 5.84 Å². The number of hydrogen-bond acceptors (Lipinski definition) is 4. The molecule has 10 heavy (non-hydrogen) atoms. The van der Waals surface area contributed by atoms with E-state index in [0.717, 1.165) is 25.9 Å². The maximum absolute atomic E-state index is 5.53. The fourth-order valence-corrected chi connectivity index (χ4v) is 0.686. The molecule has 0 saturated heterocycles. The molecule has 0 aromatic heterocycles. The topological polar surface area (TPSA) is 81.3 Å². The monoisotopic (exact) mass is 148 g/mol. The molecule has 0 saturated carbocycles. The Morgan fingerprint density at radius 3 is 1.50 bits per heavy atom. The van der Waals surface area contributed by atoms with Gasteiger partial charge in [-0.15, -0.1) is 0 Å². The van der Waals surface area contributed by atoms with Crippen molar-refractivity contribution in [1.29, 1.82) is 0 Å². The first-order valence-electron chi connectivity index (χ1n) is 3.64. The van der Waals surface area contributed by atoms with E-state index in [1.54, 1.807) is 0 Å². The zero-order valence-corrected chi connectivity index (χ0v) is 7.01. The van der Waals surface area contributed by atoms with Crippen LogP contribution in [0.5, 0.6) is 0 Å². The molecule has 64 valence electrons. The van der Waals surface area contributed by atoms with Crippen LogP contribution in [0.15, 0.2) is 0 Å². The van der Waals surface area contributed by atoms with Crippen molar-refractivity contribution >= 4 is 0 Å². The predicted molar refractivity (Wildman–Crippen MR) is 44.7 cm³/mol. The van der Waals surface area contributed by atoms with Crippen LogP contribution in [0.3, 0.4) is 0 Å². The molecule has 0 aliphatic carbocycles. The molecule has 0 heterocycles. The van der Waals surface area contributed by atoms with Gasteiger partial charge in [0.1, 0.15) is 0 Å². The third-order valence-corrected chi connectivity index (χ3v) is 1.02. The molecule has 0 bridgehead atoms. The summed E-state index contributed by atoms with van der Waals surface area (Å²) in [6.07, 6.45) is 2.30. The van der Waals surface area contributed by atoms with Crippen LogP contribution in [0.25, 0.3) is 0 Å². The molecular formula is C6H20N4. The zero-order chi connectivity index (χ0) is 8.41. The molecule has 0 atom stereocenters. The van der Waals surface area contributed by atoms with Crippen LogP contribution in [0.2, 0.25) is 0 Å². The van der Waals surface area contributed by atoms with E-state index < -0.39 is 0 Å². The van der Waals surface area contributed by atoms with Gasteiger partial charge in [-0.05, 0) is 12.8 Å². The standard InChI is InChI=1S/C6H16N2.H4N2/c1-3-5-8(7)6-4-2;1-2/h3-7H2,1-2H3;1-2H2. The van der Waals surface area contributed by atoms with Crippen LogP contribution in [-0.4, -0.2) is 18.1 Å². The van der Waals surface area contributed by atoms with Crippen LogP contribution >= 0.6 is 0 Å². The number of nitrogens with two attached hydrogens (primary N) is 3. The molecule has 0 aromatic rings. The van der Waals surface area contributed by atoms with Gasteiger partial charge in [-0.3, -0.25) is 17.5 Å². The van der Waals surface area contributed by atoms with E-state index in [9.17, 15) is 0 Å². The van der Waals surface area contributed by atoms with Gasteiger partial charge in [0.05, 0.1) is 0 Å². The van der Waals surface area contributed by atoms with Crippen LogP contribution < -0.4 is 17.5 Å². The second-order valence-electron chi connectivity index (χ2n) is 2.04. The van der Waals surface area contributed by atoms with Crippen LogP contribution in [0.1, 0.15) is 26.7 Å². The second-order valence-corrected chi connectivity index (χ2v) is 2.04. The normalized spacial score (nSPS) is 9.00. The Bertz CT molecular complexity index is 43.0. The Labute approximate surface area is 63.3 Å². The average molecular weight is 148 g/mol.